The van der Waals surface area contributed by atoms with Crippen molar-refractivity contribution in [2.45, 2.75) is 32.4 Å². The van der Waals surface area contributed by atoms with Crippen LogP contribution in [-0.2, 0) is 14.3 Å². The largest absolute Gasteiger partial charge is 0.507 e. The van der Waals surface area contributed by atoms with Gasteiger partial charge in [0.15, 0.2) is 0 Å². The van der Waals surface area contributed by atoms with E-state index in [0.29, 0.717) is 41.5 Å². The molecule has 6 nitrogen and oxygen atoms in total. The maximum atomic E-state index is 12.9. The maximum absolute atomic E-state index is 12.9. The SMILES string of the molecule is COCCCN1C(=O)C(=O)/C(=C(/O)c2ccc(OC(C)C)cc2)[C@@H]1c1ccc(Cl)cc1. The summed E-state index contributed by atoms with van der Waals surface area (Å²) in [7, 11) is 1.58. The average Bonchev–Trinajstić information content (AvgIpc) is 2.99. The van der Waals surface area contributed by atoms with Crippen molar-refractivity contribution in [2.75, 3.05) is 20.3 Å². The molecule has 1 atom stereocenters. The van der Waals surface area contributed by atoms with Gasteiger partial charge in [0, 0.05) is 30.8 Å². The lowest BCUT2D eigenvalue weighted by molar-refractivity contribution is -0.140. The first-order chi connectivity index (χ1) is 14.8. The number of aliphatic hydroxyl groups excluding tert-OH is 1. The van der Waals surface area contributed by atoms with Crippen LogP contribution in [-0.4, -0.2) is 48.1 Å². The molecule has 31 heavy (non-hydrogen) atoms. The zero-order valence-electron chi connectivity index (χ0n) is 17.8. The van der Waals surface area contributed by atoms with E-state index in [9.17, 15) is 14.7 Å². The van der Waals surface area contributed by atoms with Gasteiger partial charge in [0.2, 0.25) is 0 Å². The van der Waals surface area contributed by atoms with Crippen LogP contribution in [0.25, 0.3) is 5.76 Å². The highest BCUT2D eigenvalue weighted by Gasteiger charge is 2.45. The first kappa shape index (κ1) is 22.8. The minimum atomic E-state index is -0.711. The molecule has 0 saturated carbocycles. The molecule has 7 heteroatoms. The molecule has 0 spiro atoms. The summed E-state index contributed by atoms with van der Waals surface area (Å²) in [5.41, 5.74) is 1.19. The molecule has 1 fully saturated rings. The molecule has 1 aliphatic heterocycles. The van der Waals surface area contributed by atoms with Crippen LogP contribution < -0.4 is 4.74 Å². The van der Waals surface area contributed by atoms with Crippen LogP contribution in [0.5, 0.6) is 5.75 Å². The third-order valence-electron chi connectivity index (χ3n) is 4.97. The van der Waals surface area contributed by atoms with E-state index in [1.54, 1.807) is 55.6 Å². The number of ether oxygens (including phenoxy) is 2. The van der Waals surface area contributed by atoms with Gasteiger partial charge in [-0.25, -0.2) is 0 Å². The minimum Gasteiger partial charge on any atom is -0.507 e. The topological polar surface area (TPSA) is 76.1 Å². The quantitative estimate of drug-likeness (QED) is 0.279. The predicted octanol–water partition coefficient (Wildman–Crippen LogP) is 4.59. The number of nitrogens with zero attached hydrogens (tertiary/aromatic N) is 1. The predicted molar refractivity (Wildman–Crippen MR) is 119 cm³/mol. The molecular weight excluding hydrogens is 418 g/mol. The third-order valence-corrected chi connectivity index (χ3v) is 5.22. The first-order valence-electron chi connectivity index (χ1n) is 10.1. The number of carbonyl (C=O) groups excluding carboxylic acids is 2. The van der Waals surface area contributed by atoms with E-state index in [1.807, 2.05) is 13.8 Å². The lowest BCUT2D eigenvalue weighted by atomic mass is 9.95. The molecule has 2 aromatic rings. The molecular formula is C24H26ClNO5. The molecule has 1 amide bonds. The lowest BCUT2D eigenvalue weighted by Gasteiger charge is -2.25. The number of ketones is 1. The number of rotatable bonds is 8. The number of carbonyl (C=O) groups is 2. The Morgan fingerprint density at radius 1 is 1.10 bits per heavy atom. The number of hydrogen-bond acceptors (Lipinski definition) is 5. The highest BCUT2D eigenvalue weighted by molar-refractivity contribution is 6.46. The normalized spacial score (nSPS) is 18.1. The van der Waals surface area contributed by atoms with Gasteiger partial charge in [-0.1, -0.05) is 23.7 Å². The van der Waals surface area contributed by atoms with Crippen molar-refractivity contribution in [1.82, 2.24) is 4.90 Å². The molecule has 0 radical (unpaired) electrons. The van der Waals surface area contributed by atoms with Gasteiger partial charge in [-0.3, -0.25) is 9.59 Å². The monoisotopic (exact) mass is 443 g/mol. The summed E-state index contributed by atoms with van der Waals surface area (Å²) < 4.78 is 10.7. The number of methoxy groups -OCH3 is 1. The fourth-order valence-electron chi connectivity index (χ4n) is 3.60. The molecule has 164 valence electrons. The number of benzene rings is 2. The summed E-state index contributed by atoms with van der Waals surface area (Å²) in [5.74, 6) is -0.917. The van der Waals surface area contributed by atoms with Gasteiger partial charge in [0.1, 0.15) is 11.5 Å². The average molecular weight is 444 g/mol. The molecule has 1 N–H and O–H groups in total. The van der Waals surface area contributed by atoms with E-state index >= 15 is 0 Å². The van der Waals surface area contributed by atoms with E-state index < -0.39 is 17.7 Å². The Morgan fingerprint density at radius 2 is 1.74 bits per heavy atom. The van der Waals surface area contributed by atoms with E-state index in [2.05, 4.69) is 0 Å². The van der Waals surface area contributed by atoms with Crippen LogP contribution >= 0.6 is 11.6 Å². The second kappa shape index (κ2) is 9.98. The Hall–Kier alpha value is -2.83. The number of halogens is 1. The molecule has 1 saturated heterocycles. The lowest BCUT2D eigenvalue weighted by Crippen LogP contribution is -2.31. The van der Waals surface area contributed by atoms with Crippen LogP contribution in [0.15, 0.2) is 54.1 Å². The minimum absolute atomic E-state index is 0.0155. The molecule has 0 bridgehead atoms. The highest BCUT2D eigenvalue weighted by Crippen LogP contribution is 2.39. The van der Waals surface area contributed by atoms with E-state index in [1.165, 1.54) is 4.90 Å². The van der Waals surface area contributed by atoms with Crippen molar-refractivity contribution >= 4 is 29.1 Å². The van der Waals surface area contributed by atoms with Gasteiger partial charge in [0.05, 0.1) is 17.7 Å². The van der Waals surface area contributed by atoms with Crippen LogP contribution in [0.3, 0.4) is 0 Å². The van der Waals surface area contributed by atoms with Crippen LogP contribution in [0, 0.1) is 0 Å². The highest BCUT2D eigenvalue weighted by atomic mass is 35.5. The van der Waals surface area contributed by atoms with Gasteiger partial charge < -0.3 is 19.5 Å². The van der Waals surface area contributed by atoms with Crippen molar-refractivity contribution < 1.29 is 24.2 Å². The summed E-state index contributed by atoms with van der Waals surface area (Å²) in [5, 5.41) is 11.6. The fraction of sp³-hybridized carbons (Fsp3) is 0.333. The number of likely N-dealkylation sites (tertiary alicyclic amines) is 1. The molecule has 1 heterocycles. The molecule has 3 rings (SSSR count). The van der Waals surface area contributed by atoms with Crippen LogP contribution in [0.1, 0.15) is 37.4 Å². The molecule has 0 aromatic heterocycles. The summed E-state index contributed by atoms with van der Waals surface area (Å²) in [4.78, 5) is 27.2. The van der Waals surface area contributed by atoms with Crippen LogP contribution in [0.2, 0.25) is 5.02 Å². The fourth-order valence-corrected chi connectivity index (χ4v) is 3.73. The van der Waals surface area contributed by atoms with E-state index in [0.717, 1.165) is 0 Å². The molecule has 0 unspecified atom stereocenters. The molecule has 1 aliphatic rings. The summed E-state index contributed by atoms with van der Waals surface area (Å²) in [6, 6.07) is 13.0. The third kappa shape index (κ3) is 5.09. The van der Waals surface area contributed by atoms with E-state index in [-0.39, 0.29) is 17.4 Å². The van der Waals surface area contributed by atoms with Crippen LogP contribution in [0.4, 0.5) is 0 Å². The van der Waals surface area contributed by atoms with Gasteiger partial charge in [-0.2, -0.15) is 0 Å². The van der Waals surface area contributed by atoms with Crippen molar-refractivity contribution in [1.29, 1.82) is 0 Å². The summed E-state index contributed by atoms with van der Waals surface area (Å²) in [6.45, 7) is 4.62. The van der Waals surface area contributed by atoms with Crippen molar-refractivity contribution in [3.05, 3.63) is 70.3 Å². The smallest absolute Gasteiger partial charge is 0.295 e. The maximum Gasteiger partial charge on any atom is 0.295 e. The summed E-state index contributed by atoms with van der Waals surface area (Å²) >= 11 is 6.02. The zero-order valence-corrected chi connectivity index (χ0v) is 18.6. The number of hydrogen-bond donors (Lipinski definition) is 1. The Bertz CT molecular complexity index is 966. The van der Waals surface area contributed by atoms with Gasteiger partial charge >= 0.3 is 0 Å². The van der Waals surface area contributed by atoms with Gasteiger partial charge in [-0.05, 0) is 62.2 Å². The number of amides is 1. The zero-order chi connectivity index (χ0) is 22.5. The number of Topliss-reactive ketones (excluding diaryl/α,β-unsaturated/α-hetero) is 1. The van der Waals surface area contributed by atoms with Gasteiger partial charge in [0.25, 0.3) is 11.7 Å². The van der Waals surface area contributed by atoms with Crippen molar-refractivity contribution in [2.24, 2.45) is 0 Å². The van der Waals surface area contributed by atoms with E-state index in [4.69, 9.17) is 21.1 Å². The molecule has 0 aliphatic carbocycles. The second-order valence-electron chi connectivity index (χ2n) is 7.58. The van der Waals surface area contributed by atoms with Crippen molar-refractivity contribution in [3.63, 3.8) is 0 Å². The van der Waals surface area contributed by atoms with Crippen molar-refractivity contribution in [3.8, 4) is 5.75 Å². The Kier molecular flexibility index (Phi) is 7.36. The Balaban J connectivity index is 2.04. The summed E-state index contributed by atoms with van der Waals surface area (Å²) in [6.07, 6.45) is 0.580. The molecule has 2 aromatic carbocycles. The number of aliphatic hydroxyl groups is 1. The first-order valence-corrected chi connectivity index (χ1v) is 10.5. The Morgan fingerprint density at radius 3 is 2.32 bits per heavy atom. The second-order valence-corrected chi connectivity index (χ2v) is 8.02. The Labute approximate surface area is 187 Å². The van der Waals surface area contributed by atoms with Gasteiger partial charge in [-0.15, -0.1) is 0 Å². The standard InChI is InChI=1S/C24H26ClNO5/c1-15(2)31-19-11-7-17(8-12-19)22(27)20-21(16-5-9-18(25)10-6-16)26(13-4-14-30-3)24(29)23(20)28/h5-12,15,21,27H,4,13-14H2,1-3H3/b22-20+/t21-/m0/s1.